The topological polar surface area (TPSA) is 55.1 Å². The molecule has 3 N–H and O–H groups in total. The molecule has 0 radical (unpaired) electrons. The van der Waals surface area contributed by atoms with E-state index in [0.29, 0.717) is 11.8 Å². The molecule has 98 valence electrons. The van der Waals surface area contributed by atoms with Crippen LogP contribution in [0.3, 0.4) is 0 Å². The molecule has 2 aliphatic carbocycles. The van der Waals surface area contributed by atoms with E-state index in [1.165, 1.54) is 32.1 Å². The highest BCUT2D eigenvalue weighted by Gasteiger charge is 2.38. The lowest BCUT2D eigenvalue weighted by Gasteiger charge is -2.43. The molecule has 2 aliphatic rings. The Morgan fingerprint density at radius 2 is 2.12 bits per heavy atom. The molecule has 1 amide bonds. The number of hydrogen-bond donors (Lipinski definition) is 2. The van der Waals surface area contributed by atoms with Crippen molar-refractivity contribution in [2.75, 3.05) is 6.54 Å². The maximum Gasteiger partial charge on any atom is 0.223 e. The van der Waals surface area contributed by atoms with Crippen LogP contribution in [-0.2, 0) is 4.79 Å². The first-order valence-electron chi connectivity index (χ1n) is 7.21. The van der Waals surface area contributed by atoms with Crippen LogP contribution in [0.5, 0.6) is 0 Å². The summed E-state index contributed by atoms with van der Waals surface area (Å²) in [4.78, 5) is 12.3. The van der Waals surface area contributed by atoms with E-state index < -0.39 is 0 Å². The van der Waals surface area contributed by atoms with Crippen molar-refractivity contribution in [1.29, 1.82) is 0 Å². The summed E-state index contributed by atoms with van der Waals surface area (Å²) < 4.78 is 0. The van der Waals surface area contributed by atoms with Crippen LogP contribution >= 0.6 is 0 Å². The summed E-state index contributed by atoms with van der Waals surface area (Å²) in [5.41, 5.74) is 5.87. The molecule has 2 rings (SSSR count). The summed E-state index contributed by atoms with van der Waals surface area (Å²) in [7, 11) is 0. The normalized spacial score (nSPS) is 31.6. The Morgan fingerprint density at radius 1 is 1.35 bits per heavy atom. The molecule has 2 atom stereocenters. The number of nitrogens with one attached hydrogen (secondary N) is 1. The summed E-state index contributed by atoms with van der Waals surface area (Å²) in [5, 5.41) is 3.31. The average molecular weight is 238 g/mol. The number of carbonyl (C=O) groups excluding carboxylic acids is 1. The molecule has 3 heteroatoms. The van der Waals surface area contributed by atoms with Gasteiger partial charge in [-0.15, -0.1) is 0 Å². The van der Waals surface area contributed by atoms with Gasteiger partial charge >= 0.3 is 0 Å². The van der Waals surface area contributed by atoms with Crippen molar-refractivity contribution in [3.8, 4) is 0 Å². The van der Waals surface area contributed by atoms with Gasteiger partial charge in [-0.3, -0.25) is 4.79 Å². The monoisotopic (exact) mass is 238 g/mol. The van der Waals surface area contributed by atoms with E-state index in [1.807, 2.05) is 0 Å². The highest BCUT2D eigenvalue weighted by atomic mass is 16.2. The van der Waals surface area contributed by atoms with Gasteiger partial charge in [-0.2, -0.15) is 0 Å². The molecule has 3 nitrogen and oxygen atoms in total. The average Bonchev–Trinajstić information content (AvgIpc) is 2.33. The quantitative estimate of drug-likeness (QED) is 0.789. The molecule has 0 spiro atoms. The van der Waals surface area contributed by atoms with Crippen LogP contribution in [0.25, 0.3) is 0 Å². The molecule has 0 bridgehead atoms. The standard InChI is InChI=1S/C14H26N2O/c1-2-14(7-4-8-14)16-13(17)12-6-3-5-11(9-12)10-15/h11-12H,2-10,15H2,1H3,(H,16,17). The van der Waals surface area contributed by atoms with Gasteiger partial charge in [0.2, 0.25) is 5.91 Å². The SMILES string of the molecule is CCC1(NC(=O)C2CCCC(CN)C2)CCC1. The fourth-order valence-corrected chi connectivity index (χ4v) is 3.28. The zero-order valence-electron chi connectivity index (χ0n) is 11.0. The predicted octanol–water partition coefficient (Wildman–Crippen LogP) is 2.20. The third-order valence-corrected chi connectivity index (χ3v) is 4.86. The largest absolute Gasteiger partial charge is 0.350 e. The lowest BCUT2D eigenvalue weighted by Crippen LogP contribution is -2.55. The fraction of sp³-hybridized carbons (Fsp3) is 0.929. The molecule has 0 aromatic rings. The fourth-order valence-electron chi connectivity index (χ4n) is 3.28. The highest BCUT2D eigenvalue weighted by molar-refractivity contribution is 5.79. The minimum absolute atomic E-state index is 0.146. The van der Waals surface area contributed by atoms with Gasteiger partial charge in [0.05, 0.1) is 0 Å². The molecular formula is C14H26N2O. The van der Waals surface area contributed by atoms with Crippen molar-refractivity contribution in [1.82, 2.24) is 5.32 Å². The Morgan fingerprint density at radius 3 is 2.65 bits per heavy atom. The van der Waals surface area contributed by atoms with Crippen LogP contribution in [0.2, 0.25) is 0 Å². The van der Waals surface area contributed by atoms with Crippen LogP contribution in [0.4, 0.5) is 0 Å². The first-order valence-corrected chi connectivity index (χ1v) is 7.21. The zero-order valence-corrected chi connectivity index (χ0v) is 11.0. The molecule has 0 heterocycles. The van der Waals surface area contributed by atoms with Gasteiger partial charge in [0.1, 0.15) is 0 Å². The van der Waals surface area contributed by atoms with Crippen molar-refractivity contribution < 1.29 is 4.79 Å². The van der Waals surface area contributed by atoms with E-state index >= 15 is 0 Å². The number of amides is 1. The van der Waals surface area contributed by atoms with Crippen LogP contribution < -0.4 is 11.1 Å². The third-order valence-electron chi connectivity index (χ3n) is 4.86. The summed E-state index contributed by atoms with van der Waals surface area (Å²) in [6, 6.07) is 0. The summed E-state index contributed by atoms with van der Waals surface area (Å²) in [6.45, 7) is 2.92. The van der Waals surface area contributed by atoms with Crippen LogP contribution in [0.15, 0.2) is 0 Å². The summed E-state index contributed by atoms with van der Waals surface area (Å²) >= 11 is 0. The second-order valence-corrected chi connectivity index (χ2v) is 5.94. The Bertz CT molecular complexity index is 268. The summed E-state index contributed by atoms with van der Waals surface area (Å²) in [6.07, 6.45) is 9.11. The van der Waals surface area contributed by atoms with E-state index in [9.17, 15) is 4.79 Å². The van der Waals surface area contributed by atoms with Crippen molar-refractivity contribution in [3.05, 3.63) is 0 Å². The van der Waals surface area contributed by atoms with Gasteiger partial charge in [-0.25, -0.2) is 0 Å². The Labute approximate surface area is 105 Å². The lowest BCUT2D eigenvalue weighted by atomic mass is 9.73. The number of rotatable bonds is 4. The molecule has 0 aromatic heterocycles. The van der Waals surface area contributed by atoms with Crippen LogP contribution in [-0.4, -0.2) is 18.0 Å². The molecule has 2 unspecified atom stereocenters. The molecular weight excluding hydrogens is 212 g/mol. The minimum Gasteiger partial charge on any atom is -0.350 e. The Kier molecular flexibility index (Phi) is 4.08. The van der Waals surface area contributed by atoms with Gasteiger partial charge in [0, 0.05) is 11.5 Å². The molecule has 2 fully saturated rings. The number of hydrogen-bond acceptors (Lipinski definition) is 2. The lowest BCUT2D eigenvalue weighted by molar-refractivity contribution is -0.129. The van der Waals surface area contributed by atoms with E-state index in [1.54, 1.807) is 0 Å². The molecule has 0 aromatic carbocycles. The molecule has 0 saturated heterocycles. The van der Waals surface area contributed by atoms with E-state index in [-0.39, 0.29) is 11.5 Å². The summed E-state index contributed by atoms with van der Waals surface area (Å²) in [5.74, 6) is 1.09. The van der Waals surface area contributed by atoms with Crippen LogP contribution in [0.1, 0.15) is 58.3 Å². The first kappa shape index (κ1) is 12.9. The van der Waals surface area contributed by atoms with E-state index in [0.717, 1.165) is 25.8 Å². The first-order chi connectivity index (χ1) is 8.19. The second-order valence-electron chi connectivity index (χ2n) is 5.94. The van der Waals surface area contributed by atoms with E-state index in [2.05, 4.69) is 12.2 Å². The van der Waals surface area contributed by atoms with E-state index in [4.69, 9.17) is 5.73 Å². The van der Waals surface area contributed by atoms with Gasteiger partial charge in [0.15, 0.2) is 0 Å². The second kappa shape index (κ2) is 5.38. The third kappa shape index (κ3) is 2.82. The number of carbonyl (C=O) groups is 1. The van der Waals surface area contributed by atoms with Crippen molar-refractivity contribution in [2.24, 2.45) is 17.6 Å². The highest BCUT2D eigenvalue weighted by Crippen LogP contribution is 2.36. The Balaban J connectivity index is 1.86. The van der Waals surface area contributed by atoms with Gasteiger partial charge in [-0.05, 0) is 57.4 Å². The van der Waals surface area contributed by atoms with Gasteiger partial charge in [-0.1, -0.05) is 13.3 Å². The molecule has 17 heavy (non-hydrogen) atoms. The van der Waals surface area contributed by atoms with Gasteiger partial charge < -0.3 is 11.1 Å². The van der Waals surface area contributed by atoms with Gasteiger partial charge in [0.25, 0.3) is 0 Å². The maximum absolute atomic E-state index is 12.3. The number of nitrogens with two attached hydrogens (primary N) is 1. The van der Waals surface area contributed by atoms with Crippen molar-refractivity contribution in [3.63, 3.8) is 0 Å². The van der Waals surface area contributed by atoms with Crippen molar-refractivity contribution >= 4 is 5.91 Å². The molecule has 2 saturated carbocycles. The Hall–Kier alpha value is -0.570. The van der Waals surface area contributed by atoms with Crippen LogP contribution in [0, 0.1) is 11.8 Å². The zero-order chi connectivity index (χ0) is 12.3. The predicted molar refractivity (Wildman–Crippen MR) is 69.5 cm³/mol. The smallest absolute Gasteiger partial charge is 0.223 e. The van der Waals surface area contributed by atoms with Crippen molar-refractivity contribution in [2.45, 2.75) is 63.8 Å². The molecule has 0 aliphatic heterocycles. The minimum atomic E-state index is 0.146. The maximum atomic E-state index is 12.3.